The molecule has 0 unspecified atom stereocenters. The van der Waals surface area contributed by atoms with Crippen LogP contribution in [0.1, 0.15) is 37.5 Å². The molecule has 0 N–H and O–H groups in total. The second-order valence-electron chi connectivity index (χ2n) is 8.46. The Morgan fingerprint density at radius 1 is 0.931 bits per heavy atom. The fraction of sp³-hybridized carbons (Fsp3) is 0.304. The van der Waals surface area contributed by atoms with Crippen LogP contribution in [0.3, 0.4) is 0 Å². The van der Waals surface area contributed by atoms with E-state index in [1.54, 1.807) is 0 Å². The van der Waals surface area contributed by atoms with Crippen molar-refractivity contribution in [3.8, 4) is 11.4 Å². The van der Waals surface area contributed by atoms with Crippen LogP contribution in [0.5, 0.6) is 0 Å². The number of aromatic nitrogens is 6. The van der Waals surface area contributed by atoms with Crippen LogP contribution < -0.4 is 4.68 Å². The molecule has 29 heavy (non-hydrogen) atoms. The molecular formula is C23H27N6+. The van der Waals surface area contributed by atoms with Crippen molar-refractivity contribution in [1.82, 2.24) is 24.9 Å². The zero-order valence-electron chi connectivity index (χ0n) is 17.4. The van der Waals surface area contributed by atoms with Crippen molar-refractivity contribution < 1.29 is 4.68 Å². The van der Waals surface area contributed by atoms with Gasteiger partial charge in [-0.2, -0.15) is 0 Å². The Hall–Kier alpha value is -3.28. The van der Waals surface area contributed by atoms with Crippen LogP contribution in [0.15, 0.2) is 67.0 Å². The van der Waals surface area contributed by atoms with Gasteiger partial charge in [0.2, 0.25) is 5.69 Å². The van der Waals surface area contributed by atoms with Crippen molar-refractivity contribution in [3.63, 3.8) is 0 Å². The van der Waals surface area contributed by atoms with Crippen LogP contribution >= 0.6 is 0 Å². The zero-order chi connectivity index (χ0) is 20.4. The minimum atomic E-state index is 0.160. The molecule has 0 bridgehead atoms. The monoisotopic (exact) mass is 387 g/mol. The van der Waals surface area contributed by atoms with Gasteiger partial charge in [-0.25, -0.2) is 4.68 Å². The molecule has 0 saturated heterocycles. The van der Waals surface area contributed by atoms with Gasteiger partial charge in [0.25, 0.3) is 0 Å². The van der Waals surface area contributed by atoms with Crippen molar-refractivity contribution >= 4 is 0 Å². The number of nitrogens with zero attached hydrogens (tertiary/aromatic N) is 6. The number of aryl methyl sites for hydroxylation is 1. The summed E-state index contributed by atoms with van der Waals surface area (Å²) in [5.41, 5.74) is 5.67. The molecule has 4 aromatic rings. The maximum absolute atomic E-state index is 4.56. The van der Waals surface area contributed by atoms with Crippen LogP contribution in [0.25, 0.3) is 11.4 Å². The summed E-state index contributed by atoms with van der Waals surface area (Å²) in [5.74, 6) is 0. The van der Waals surface area contributed by atoms with Gasteiger partial charge in [0.05, 0.1) is 18.0 Å². The molecule has 2 aromatic heterocycles. The van der Waals surface area contributed by atoms with Gasteiger partial charge in [-0.1, -0.05) is 80.6 Å². The third-order valence-corrected chi connectivity index (χ3v) is 5.02. The molecule has 0 aliphatic heterocycles. The number of hydrogen-bond donors (Lipinski definition) is 0. The van der Waals surface area contributed by atoms with E-state index in [0.717, 1.165) is 17.9 Å². The van der Waals surface area contributed by atoms with Crippen LogP contribution in [-0.2, 0) is 25.6 Å². The number of rotatable bonds is 5. The molecule has 4 rings (SSSR count). The van der Waals surface area contributed by atoms with E-state index >= 15 is 0 Å². The number of hydrogen-bond acceptors (Lipinski definition) is 3. The minimum absolute atomic E-state index is 0.160. The molecule has 6 nitrogen and oxygen atoms in total. The summed E-state index contributed by atoms with van der Waals surface area (Å²) in [5, 5.41) is 13.2. The fourth-order valence-corrected chi connectivity index (χ4v) is 3.34. The molecule has 148 valence electrons. The maximum atomic E-state index is 4.56. The summed E-state index contributed by atoms with van der Waals surface area (Å²) in [6.07, 6.45) is 3.99. The van der Waals surface area contributed by atoms with Crippen LogP contribution in [0, 0.1) is 0 Å². The van der Waals surface area contributed by atoms with Gasteiger partial charge in [-0.15, -0.1) is 14.5 Å². The second-order valence-corrected chi connectivity index (χ2v) is 8.46. The minimum Gasteiger partial charge on any atom is -0.247 e. The van der Waals surface area contributed by atoms with Gasteiger partial charge < -0.3 is 0 Å². The van der Waals surface area contributed by atoms with E-state index in [0.29, 0.717) is 6.54 Å². The Morgan fingerprint density at radius 2 is 1.66 bits per heavy atom. The molecule has 0 saturated carbocycles. The van der Waals surface area contributed by atoms with Gasteiger partial charge in [0, 0.05) is 0 Å². The topological polar surface area (TPSA) is 52.4 Å². The van der Waals surface area contributed by atoms with E-state index in [1.165, 1.54) is 16.7 Å². The highest BCUT2D eigenvalue weighted by Crippen LogP contribution is 2.22. The van der Waals surface area contributed by atoms with Crippen molar-refractivity contribution in [3.05, 3.63) is 83.7 Å². The summed E-state index contributed by atoms with van der Waals surface area (Å²) < 4.78 is 5.64. The van der Waals surface area contributed by atoms with Crippen molar-refractivity contribution in [2.75, 3.05) is 0 Å². The predicted molar refractivity (Wildman–Crippen MR) is 112 cm³/mol. The number of benzene rings is 2. The average Bonchev–Trinajstić information content (AvgIpc) is 3.28. The van der Waals surface area contributed by atoms with E-state index in [4.69, 9.17) is 0 Å². The normalized spacial score (nSPS) is 11.7. The summed E-state index contributed by atoms with van der Waals surface area (Å²) in [7, 11) is 1.93. The highest BCUT2D eigenvalue weighted by molar-refractivity contribution is 5.49. The Labute approximate surface area is 171 Å². The van der Waals surface area contributed by atoms with Gasteiger partial charge in [0.1, 0.15) is 13.6 Å². The highest BCUT2D eigenvalue weighted by atomic mass is 15.5. The summed E-state index contributed by atoms with van der Waals surface area (Å²) >= 11 is 0. The van der Waals surface area contributed by atoms with Gasteiger partial charge >= 0.3 is 0 Å². The Kier molecular flexibility index (Phi) is 5.01. The Bertz CT molecular complexity index is 1080. The van der Waals surface area contributed by atoms with Crippen LogP contribution in [-0.4, -0.2) is 24.9 Å². The highest BCUT2D eigenvalue weighted by Gasteiger charge is 2.18. The molecule has 2 heterocycles. The van der Waals surface area contributed by atoms with Crippen molar-refractivity contribution in [2.45, 2.75) is 39.3 Å². The van der Waals surface area contributed by atoms with Crippen LogP contribution in [0.2, 0.25) is 0 Å². The molecular weight excluding hydrogens is 360 g/mol. The van der Waals surface area contributed by atoms with E-state index in [-0.39, 0.29) is 5.41 Å². The first-order valence-electron chi connectivity index (χ1n) is 9.86. The maximum Gasteiger partial charge on any atom is 0.219 e. The van der Waals surface area contributed by atoms with Crippen molar-refractivity contribution in [2.24, 2.45) is 7.05 Å². The Morgan fingerprint density at radius 3 is 2.34 bits per heavy atom. The third kappa shape index (κ3) is 4.42. The van der Waals surface area contributed by atoms with E-state index in [2.05, 4.69) is 72.7 Å². The van der Waals surface area contributed by atoms with Gasteiger partial charge in [-0.3, -0.25) is 0 Å². The van der Waals surface area contributed by atoms with Gasteiger partial charge in [-0.05, 0) is 22.1 Å². The van der Waals surface area contributed by atoms with Gasteiger partial charge in [0.15, 0.2) is 11.9 Å². The molecule has 0 fully saturated rings. The smallest absolute Gasteiger partial charge is 0.219 e. The summed E-state index contributed by atoms with van der Waals surface area (Å²) in [4.78, 5) is 0. The Balaban J connectivity index is 1.49. The molecule has 0 aliphatic rings. The molecule has 0 spiro atoms. The SMILES string of the molecule is Cn1n[n+](Cc2ccccc2)cc1-c1cn(Cc2ccc(C(C)(C)C)cc2)nn1. The third-order valence-electron chi connectivity index (χ3n) is 5.02. The first-order chi connectivity index (χ1) is 13.9. The van der Waals surface area contributed by atoms with Crippen molar-refractivity contribution in [1.29, 1.82) is 0 Å². The average molecular weight is 388 g/mol. The first kappa shape index (κ1) is 19.1. The first-order valence-corrected chi connectivity index (χ1v) is 9.86. The van der Waals surface area contributed by atoms with E-state index < -0.39 is 0 Å². The van der Waals surface area contributed by atoms with Crippen LogP contribution in [0.4, 0.5) is 0 Å². The molecule has 0 radical (unpaired) electrons. The molecule has 6 heteroatoms. The second kappa shape index (κ2) is 7.62. The zero-order valence-corrected chi connectivity index (χ0v) is 17.4. The molecule has 0 atom stereocenters. The standard InChI is InChI=1S/C23H27N6/c1-23(2,3)20-12-10-19(11-13-20)14-28-16-21(24-25-28)22-17-29(26-27(22)4)15-18-8-6-5-7-9-18/h5-13,16-17H,14-15H2,1-4H3/q+1. The quantitative estimate of drug-likeness (QED) is 0.494. The molecule has 2 aromatic carbocycles. The van der Waals surface area contributed by atoms with E-state index in [1.807, 2.05) is 51.7 Å². The molecule has 0 amide bonds. The van der Waals surface area contributed by atoms with E-state index in [9.17, 15) is 0 Å². The molecule has 0 aliphatic carbocycles. The fourth-order valence-electron chi connectivity index (χ4n) is 3.34. The summed E-state index contributed by atoms with van der Waals surface area (Å²) in [6, 6.07) is 19.0. The lowest BCUT2D eigenvalue weighted by atomic mass is 9.87. The summed E-state index contributed by atoms with van der Waals surface area (Å²) in [6.45, 7) is 8.10. The predicted octanol–water partition coefficient (Wildman–Crippen LogP) is 3.36. The lowest BCUT2D eigenvalue weighted by Crippen LogP contribution is -2.36. The lowest BCUT2D eigenvalue weighted by Gasteiger charge is -2.19. The largest absolute Gasteiger partial charge is 0.247 e. The lowest BCUT2D eigenvalue weighted by molar-refractivity contribution is -0.747.